The van der Waals surface area contributed by atoms with Gasteiger partial charge in [-0.25, -0.2) is 12.7 Å². The molecule has 1 aromatic heterocycles. The number of sulfonamides is 1. The lowest BCUT2D eigenvalue weighted by Gasteiger charge is -2.16. The Morgan fingerprint density at radius 1 is 1.37 bits per heavy atom. The van der Waals surface area contributed by atoms with Gasteiger partial charge in [-0.2, -0.15) is 0 Å². The molecule has 1 N–H and O–H groups in total. The predicted molar refractivity (Wildman–Crippen MR) is 71.2 cm³/mol. The van der Waals surface area contributed by atoms with Gasteiger partial charge in [0.05, 0.1) is 5.75 Å². The molecule has 6 nitrogen and oxygen atoms in total. The highest BCUT2D eigenvalue weighted by Crippen LogP contribution is 2.05. The molecule has 19 heavy (non-hydrogen) atoms. The summed E-state index contributed by atoms with van der Waals surface area (Å²) in [6, 6.07) is 3.68. The molecule has 0 fully saturated rings. The molecule has 1 aromatic rings. The first-order chi connectivity index (χ1) is 8.92. The minimum Gasteiger partial charge on any atom is -0.481 e. The van der Waals surface area contributed by atoms with Crippen molar-refractivity contribution in [3.63, 3.8) is 0 Å². The third-order valence-corrected chi connectivity index (χ3v) is 4.67. The Labute approximate surface area is 113 Å². The lowest BCUT2D eigenvalue weighted by Crippen LogP contribution is -2.31. The number of carbonyl (C=O) groups is 1. The van der Waals surface area contributed by atoms with Crippen molar-refractivity contribution in [1.29, 1.82) is 0 Å². The Balaban J connectivity index is 2.43. The van der Waals surface area contributed by atoms with E-state index in [1.54, 1.807) is 12.4 Å². The van der Waals surface area contributed by atoms with E-state index in [2.05, 4.69) is 4.98 Å². The number of pyridine rings is 1. The number of nitrogens with zero attached hydrogens (tertiary/aromatic N) is 2. The van der Waals surface area contributed by atoms with E-state index < -0.39 is 16.0 Å². The second-order valence-electron chi connectivity index (χ2n) is 4.24. The van der Waals surface area contributed by atoms with Crippen LogP contribution in [-0.2, 0) is 21.2 Å². The molecule has 0 atom stereocenters. The summed E-state index contributed by atoms with van der Waals surface area (Å²) in [4.78, 5) is 14.2. The molecule has 0 amide bonds. The second-order valence-corrected chi connectivity index (χ2v) is 6.44. The number of aromatic nitrogens is 1. The van der Waals surface area contributed by atoms with Crippen LogP contribution in [0.1, 0.15) is 18.4 Å². The van der Waals surface area contributed by atoms with Gasteiger partial charge < -0.3 is 5.11 Å². The number of carboxylic acids is 1. The average molecular weight is 286 g/mol. The van der Waals surface area contributed by atoms with Crippen LogP contribution in [0, 0.1) is 0 Å². The Hall–Kier alpha value is -1.47. The van der Waals surface area contributed by atoms with E-state index >= 15 is 0 Å². The molecule has 0 aliphatic heterocycles. The SMILES string of the molecule is CN(CCc1ccncc1)S(=O)(=O)CCCC(=O)O. The van der Waals surface area contributed by atoms with Gasteiger partial charge in [-0.1, -0.05) is 0 Å². The Bertz CT molecular complexity index is 502. The van der Waals surface area contributed by atoms with Crippen LogP contribution in [0.25, 0.3) is 0 Å². The minimum absolute atomic E-state index is 0.128. The molecule has 1 rings (SSSR count). The molecule has 0 saturated carbocycles. The van der Waals surface area contributed by atoms with Crippen LogP contribution in [0.3, 0.4) is 0 Å². The second kappa shape index (κ2) is 7.20. The van der Waals surface area contributed by atoms with Crippen molar-refractivity contribution in [3.8, 4) is 0 Å². The fourth-order valence-corrected chi connectivity index (χ4v) is 2.73. The summed E-state index contributed by atoms with van der Waals surface area (Å²) in [7, 11) is -1.86. The highest BCUT2D eigenvalue weighted by Gasteiger charge is 2.17. The standard InChI is InChI=1S/C12H18N2O4S/c1-14(9-6-11-4-7-13-8-5-11)19(17,18)10-2-3-12(15)16/h4-5,7-8H,2-3,6,9-10H2,1H3,(H,15,16). The number of hydrogen-bond donors (Lipinski definition) is 1. The maximum absolute atomic E-state index is 11.9. The van der Waals surface area contributed by atoms with Crippen molar-refractivity contribution in [3.05, 3.63) is 30.1 Å². The van der Waals surface area contributed by atoms with Gasteiger partial charge in [0, 0.05) is 32.4 Å². The molecule has 0 aliphatic carbocycles. The number of likely N-dealkylation sites (N-methyl/N-ethyl adjacent to an activating group) is 1. The maximum Gasteiger partial charge on any atom is 0.303 e. The van der Waals surface area contributed by atoms with E-state index in [4.69, 9.17) is 5.11 Å². The normalized spacial score (nSPS) is 11.7. The van der Waals surface area contributed by atoms with Crippen molar-refractivity contribution >= 4 is 16.0 Å². The smallest absolute Gasteiger partial charge is 0.303 e. The third-order valence-electron chi connectivity index (χ3n) is 2.73. The molecule has 0 bridgehead atoms. The summed E-state index contributed by atoms with van der Waals surface area (Å²) in [6.07, 6.45) is 3.94. The summed E-state index contributed by atoms with van der Waals surface area (Å²) in [6.45, 7) is 0.374. The number of carboxylic acid groups (broad SMARTS) is 1. The van der Waals surface area contributed by atoms with Crippen molar-refractivity contribution in [2.45, 2.75) is 19.3 Å². The molecular weight excluding hydrogens is 268 g/mol. The Morgan fingerprint density at radius 2 is 2.00 bits per heavy atom. The van der Waals surface area contributed by atoms with E-state index in [1.807, 2.05) is 12.1 Å². The topological polar surface area (TPSA) is 87.6 Å². The van der Waals surface area contributed by atoms with Crippen LogP contribution in [0.15, 0.2) is 24.5 Å². The summed E-state index contributed by atoms with van der Waals surface area (Å²) in [5, 5.41) is 8.49. The van der Waals surface area contributed by atoms with Gasteiger partial charge in [-0.05, 0) is 30.5 Å². The molecule has 0 radical (unpaired) electrons. The van der Waals surface area contributed by atoms with E-state index in [-0.39, 0.29) is 18.6 Å². The Kier molecular flexibility index (Phi) is 5.91. The number of hydrogen-bond acceptors (Lipinski definition) is 4. The summed E-state index contributed by atoms with van der Waals surface area (Å²) < 4.78 is 25.0. The van der Waals surface area contributed by atoms with Crippen molar-refractivity contribution in [2.24, 2.45) is 0 Å². The summed E-state index contributed by atoms with van der Waals surface area (Å²) in [5.74, 6) is -1.11. The van der Waals surface area contributed by atoms with E-state index in [0.29, 0.717) is 13.0 Å². The van der Waals surface area contributed by atoms with Crippen molar-refractivity contribution in [2.75, 3.05) is 19.3 Å². The van der Waals surface area contributed by atoms with Gasteiger partial charge in [0.2, 0.25) is 10.0 Å². The lowest BCUT2D eigenvalue weighted by atomic mass is 10.2. The molecule has 1 heterocycles. The highest BCUT2D eigenvalue weighted by atomic mass is 32.2. The van der Waals surface area contributed by atoms with Gasteiger partial charge in [-0.3, -0.25) is 9.78 Å². The van der Waals surface area contributed by atoms with Crippen LogP contribution >= 0.6 is 0 Å². The molecule has 0 saturated heterocycles. The molecule has 0 spiro atoms. The third kappa shape index (κ3) is 5.80. The van der Waals surface area contributed by atoms with E-state index in [9.17, 15) is 13.2 Å². The fourth-order valence-electron chi connectivity index (χ4n) is 1.54. The zero-order chi connectivity index (χ0) is 14.3. The van der Waals surface area contributed by atoms with Crippen LogP contribution < -0.4 is 0 Å². The largest absolute Gasteiger partial charge is 0.481 e. The molecule has 0 unspecified atom stereocenters. The number of rotatable bonds is 8. The molecule has 7 heteroatoms. The molecule has 0 aliphatic rings. The van der Waals surface area contributed by atoms with Crippen LogP contribution in [0.2, 0.25) is 0 Å². The fraction of sp³-hybridized carbons (Fsp3) is 0.500. The van der Waals surface area contributed by atoms with Crippen molar-refractivity contribution < 1.29 is 18.3 Å². The quantitative estimate of drug-likeness (QED) is 0.762. The molecule has 0 aromatic carbocycles. The van der Waals surface area contributed by atoms with E-state index in [1.165, 1.54) is 11.4 Å². The molecule has 106 valence electrons. The average Bonchev–Trinajstić information content (AvgIpc) is 2.36. The van der Waals surface area contributed by atoms with E-state index in [0.717, 1.165) is 5.56 Å². The molecular formula is C12H18N2O4S. The van der Waals surface area contributed by atoms with Gasteiger partial charge in [-0.15, -0.1) is 0 Å². The monoisotopic (exact) mass is 286 g/mol. The first-order valence-electron chi connectivity index (χ1n) is 5.96. The van der Waals surface area contributed by atoms with Crippen molar-refractivity contribution in [1.82, 2.24) is 9.29 Å². The van der Waals surface area contributed by atoms with Crippen LogP contribution in [0.4, 0.5) is 0 Å². The van der Waals surface area contributed by atoms with Gasteiger partial charge >= 0.3 is 5.97 Å². The predicted octanol–water partition coefficient (Wildman–Crippen LogP) is 0.750. The first kappa shape index (κ1) is 15.6. The van der Waals surface area contributed by atoms with Gasteiger partial charge in [0.1, 0.15) is 0 Å². The summed E-state index contributed by atoms with van der Waals surface area (Å²) >= 11 is 0. The zero-order valence-electron chi connectivity index (χ0n) is 10.8. The summed E-state index contributed by atoms with van der Waals surface area (Å²) in [5.41, 5.74) is 1.02. The number of aliphatic carboxylic acids is 1. The zero-order valence-corrected chi connectivity index (χ0v) is 11.6. The van der Waals surface area contributed by atoms with Gasteiger partial charge in [0.15, 0.2) is 0 Å². The maximum atomic E-state index is 11.9. The first-order valence-corrected chi connectivity index (χ1v) is 7.57. The van der Waals surface area contributed by atoms with Crippen LogP contribution in [0.5, 0.6) is 0 Å². The lowest BCUT2D eigenvalue weighted by molar-refractivity contribution is -0.137. The highest BCUT2D eigenvalue weighted by molar-refractivity contribution is 7.89. The Morgan fingerprint density at radius 3 is 2.58 bits per heavy atom. The van der Waals surface area contributed by atoms with Crippen LogP contribution in [-0.4, -0.2) is 48.1 Å². The minimum atomic E-state index is -3.37. The van der Waals surface area contributed by atoms with Gasteiger partial charge in [0.25, 0.3) is 0 Å².